The number of hydrogen-bond acceptors (Lipinski definition) is 4. The van der Waals surface area contributed by atoms with E-state index in [0.717, 1.165) is 11.1 Å². The van der Waals surface area contributed by atoms with Crippen LogP contribution in [0, 0.1) is 13.8 Å². The fourth-order valence-corrected chi connectivity index (χ4v) is 2.53. The van der Waals surface area contributed by atoms with Crippen molar-refractivity contribution in [1.29, 1.82) is 0 Å². The number of nitrogens with zero attached hydrogens (tertiary/aromatic N) is 1. The first-order valence-electron chi connectivity index (χ1n) is 7.73. The molecule has 1 atom stereocenters. The van der Waals surface area contributed by atoms with Gasteiger partial charge in [-0.15, -0.1) is 0 Å². The van der Waals surface area contributed by atoms with Gasteiger partial charge in [0.2, 0.25) is 0 Å². The Bertz CT molecular complexity index is 976. The Morgan fingerprint density at radius 2 is 1.92 bits per heavy atom. The largest absolute Gasteiger partial charge is 0.451 e. The molecule has 0 aliphatic heterocycles. The molecule has 0 unspecified atom stereocenters. The van der Waals surface area contributed by atoms with E-state index >= 15 is 0 Å². The summed E-state index contributed by atoms with van der Waals surface area (Å²) in [5.74, 6) is -0.100. The number of esters is 1. The molecule has 122 valence electrons. The van der Waals surface area contributed by atoms with Crippen LogP contribution in [0.4, 0.5) is 0 Å². The Morgan fingerprint density at radius 1 is 1.17 bits per heavy atom. The molecule has 24 heavy (non-hydrogen) atoms. The molecule has 2 aromatic carbocycles. The molecule has 3 rings (SSSR count). The Hall–Kier alpha value is -2.95. The first-order valence-corrected chi connectivity index (χ1v) is 7.73. The normalized spacial score (nSPS) is 12.1. The van der Waals surface area contributed by atoms with Gasteiger partial charge in [0.15, 0.2) is 11.9 Å². The van der Waals surface area contributed by atoms with Crippen molar-refractivity contribution >= 4 is 16.9 Å². The molecule has 0 aliphatic carbocycles. The number of aryl methyl sites for hydroxylation is 2. The Labute approximate surface area is 139 Å². The van der Waals surface area contributed by atoms with Crippen molar-refractivity contribution in [2.45, 2.75) is 26.9 Å². The minimum absolute atomic E-state index is 0.245. The summed E-state index contributed by atoms with van der Waals surface area (Å²) in [7, 11) is 0. The van der Waals surface area contributed by atoms with Gasteiger partial charge in [0.1, 0.15) is 0 Å². The number of fused-ring (bicyclic) bond motifs is 1. The standard InChI is InChI=1S/C19H18N2O3/c1-11-8-9-12(2)15(10-11)19(23)24-13(3)17-20-16-7-5-4-6-14(16)18(22)21-17/h4-10,13H,1-3H3,(H,20,21,22)/t13-/m1/s1. The lowest BCUT2D eigenvalue weighted by atomic mass is 10.1. The second-order valence-electron chi connectivity index (χ2n) is 5.83. The highest BCUT2D eigenvalue weighted by Gasteiger charge is 2.18. The molecule has 0 amide bonds. The quantitative estimate of drug-likeness (QED) is 0.750. The minimum Gasteiger partial charge on any atom is -0.451 e. The average Bonchev–Trinajstić information content (AvgIpc) is 2.57. The minimum atomic E-state index is -0.658. The van der Waals surface area contributed by atoms with Crippen LogP contribution in [0.25, 0.3) is 10.9 Å². The molecular formula is C19H18N2O3. The number of benzene rings is 2. The molecule has 1 heterocycles. The predicted molar refractivity (Wildman–Crippen MR) is 92.1 cm³/mol. The monoisotopic (exact) mass is 322 g/mol. The zero-order valence-electron chi connectivity index (χ0n) is 13.8. The molecule has 1 aromatic heterocycles. The molecule has 3 aromatic rings. The molecule has 0 spiro atoms. The number of aromatic nitrogens is 2. The Kier molecular flexibility index (Phi) is 4.16. The highest BCUT2D eigenvalue weighted by molar-refractivity contribution is 5.91. The SMILES string of the molecule is Cc1ccc(C)c(C(=O)O[C@H](C)c2nc3ccccc3c(=O)[nH]2)c1. The second-order valence-corrected chi connectivity index (χ2v) is 5.83. The lowest BCUT2D eigenvalue weighted by Crippen LogP contribution is -2.18. The summed E-state index contributed by atoms with van der Waals surface area (Å²) in [5.41, 5.74) is 2.68. The van der Waals surface area contributed by atoms with Crippen molar-refractivity contribution in [2.24, 2.45) is 0 Å². The number of carbonyl (C=O) groups excluding carboxylic acids is 1. The van der Waals surface area contributed by atoms with E-state index in [-0.39, 0.29) is 5.56 Å². The lowest BCUT2D eigenvalue weighted by Gasteiger charge is -2.14. The van der Waals surface area contributed by atoms with E-state index in [1.807, 2.05) is 32.0 Å². The topological polar surface area (TPSA) is 72.0 Å². The van der Waals surface area contributed by atoms with Crippen LogP contribution in [0.2, 0.25) is 0 Å². The van der Waals surface area contributed by atoms with Gasteiger partial charge >= 0.3 is 5.97 Å². The maximum atomic E-state index is 12.4. The number of para-hydroxylation sites is 1. The summed E-state index contributed by atoms with van der Waals surface area (Å²) in [6, 6.07) is 12.7. The number of rotatable bonds is 3. The highest BCUT2D eigenvalue weighted by Crippen LogP contribution is 2.18. The zero-order valence-corrected chi connectivity index (χ0v) is 13.8. The van der Waals surface area contributed by atoms with Crippen molar-refractivity contribution in [1.82, 2.24) is 9.97 Å². The van der Waals surface area contributed by atoms with Crippen molar-refractivity contribution in [3.63, 3.8) is 0 Å². The van der Waals surface area contributed by atoms with Crippen LogP contribution in [0.5, 0.6) is 0 Å². The molecule has 1 N–H and O–H groups in total. The van der Waals surface area contributed by atoms with Crippen molar-refractivity contribution in [3.8, 4) is 0 Å². The molecule has 0 fully saturated rings. The second kappa shape index (κ2) is 6.28. The predicted octanol–water partition coefficient (Wildman–Crippen LogP) is 3.46. The molecule has 0 bridgehead atoms. The van der Waals surface area contributed by atoms with Crippen LogP contribution in [-0.2, 0) is 4.74 Å². The van der Waals surface area contributed by atoms with Gasteiger partial charge in [-0.2, -0.15) is 0 Å². The number of ether oxygens (including phenoxy) is 1. The van der Waals surface area contributed by atoms with Gasteiger partial charge < -0.3 is 9.72 Å². The van der Waals surface area contributed by atoms with E-state index in [9.17, 15) is 9.59 Å². The van der Waals surface area contributed by atoms with Gasteiger partial charge in [-0.1, -0.05) is 29.8 Å². The summed E-state index contributed by atoms with van der Waals surface area (Å²) < 4.78 is 5.49. The first kappa shape index (κ1) is 15.9. The number of carbonyl (C=O) groups is 1. The third-order valence-electron chi connectivity index (χ3n) is 3.91. The summed E-state index contributed by atoms with van der Waals surface area (Å²) in [4.78, 5) is 31.6. The summed E-state index contributed by atoms with van der Waals surface area (Å²) in [6.45, 7) is 5.47. The van der Waals surface area contributed by atoms with E-state index in [0.29, 0.717) is 22.3 Å². The van der Waals surface area contributed by atoms with E-state index in [1.165, 1.54) is 0 Å². The van der Waals surface area contributed by atoms with Gasteiger partial charge in [-0.3, -0.25) is 4.79 Å². The maximum absolute atomic E-state index is 12.4. The van der Waals surface area contributed by atoms with Crippen LogP contribution in [0.15, 0.2) is 47.3 Å². The summed E-state index contributed by atoms with van der Waals surface area (Å²) in [6.07, 6.45) is -0.658. The molecular weight excluding hydrogens is 304 g/mol. The van der Waals surface area contributed by atoms with Crippen LogP contribution < -0.4 is 5.56 Å². The first-order chi connectivity index (χ1) is 11.5. The summed E-state index contributed by atoms with van der Waals surface area (Å²) >= 11 is 0. The molecule has 0 aliphatic rings. The van der Waals surface area contributed by atoms with Crippen LogP contribution >= 0.6 is 0 Å². The van der Waals surface area contributed by atoms with E-state index in [4.69, 9.17) is 4.74 Å². The molecule has 0 saturated heterocycles. The van der Waals surface area contributed by atoms with Crippen LogP contribution in [-0.4, -0.2) is 15.9 Å². The van der Waals surface area contributed by atoms with Gasteiger partial charge in [-0.25, -0.2) is 9.78 Å². The molecule has 0 radical (unpaired) electrons. The zero-order chi connectivity index (χ0) is 17.3. The fourth-order valence-electron chi connectivity index (χ4n) is 2.53. The number of aromatic amines is 1. The number of H-pyrrole nitrogens is 1. The smallest absolute Gasteiger partial charge is 0.339 e. The van der Waals surface area contributed by atoms with Gasteiger partial charge in [0.05, 0.1) is 16.5 Å². The van der Waals surface area contributed by atoms with Crippen LogP contribution in [0.3, 0.4) is 0 Å². The Balaban J connectivity index is 1.89. The molecule has 5 nitrogen and oxygen atoms in total. The summed E-state index contributed by atoms with van der Waals surface area (Å²) in [5, 5.41) is 0.509. The number of hydrogen-bond donors (Lipinski definition) is 1. The van der Waals surface area contributed by atoms with Crippen molar-refractivity contribution < 1.29 is 9.53 Å². The van der Waals surface area contributed by atoms with Crippen molar-refractivity contribution in [3.05, 3.63) is 75.3 Å². The van der Waals surface area contributed by atoms with E-state index < -0.39 is 12.1 Å². The maximum Gasteiger partial charge on any atom is 0.339 e. The Morgan fingerprint density at radius 3 is 2.71 bits per heavy atom. The van der Waals surface area contributed by atoms with E-state index in [2.05, 4.69) is 9.97 Å². The lowest BCUT2D eigenvalue weighted by molar-refractivity contribution is 0.0319. The van der Waals surface area contributed by atoms with Gasteiger partial charge in [-0.05, 0) is 44.5 Å². The third-order valence-corrected chi connectivity index (χ3v) is 3.91. The average molecular weight is 322 g/mol. The van der Waals surface area contributed by atoms with Crippen molar-refractivity contribution in [2.75, 3.05) is 0 Å². The highest BCUT2D eigenvalue weighted by atomic mass is 16.5. The van der Waals surface area contributed by atoms with Gasteiger partial charge in [0, 0.05) is 0 Å². The van der Waals surface area contributed by atoms with Crippen LogP contribution in [0.1, 0.15) is 40.3 Å². The number of nitrogens with one attached hydrogen (secondary N) is 1. The fraction of sp³-hybridized carbons (Fsp3) is 0.211. The molecule has 0 saturated carbocycles. The van der Waals surface area contributed by atoms with Gasteiger partial charge in [0.25, 0.3) is 5.56 Å². The van der Waals surface area contributed by atoms with E-state index in [1.54, 1.807) is 31.2 Å². The third kappa shape index (κ3) is 3.06. The molecule has 5 heteroatoms.